The van der Waals surface area contributed by atoms with Crippen LogP contribution in [0.2, 0.25) is 5.02 Å². The second kappa shape index (κ2) is 9.76. The van der Waals surface area contributed by atoms with Crippen LogP contribution in [0.15, 0.2) is 78.9 Å². The number of anilines is 3. The fraction of sp³-hybridized carbons (Fsp3) is 0.179. The zero-order valence-corrected chi connectivity index (χ0v) is 21.2. The van der Waals surface area contributed by atoms with Crippen LogP contribution < -0.4 is 20.4 Å². The van der Waals surface area contributed by atoms with Crippen LogP contribution in [0.25, 0.3) is 0 Å². The predicted molar refractivity (Wildman–Crippen MR) is 149 cm³/mol. The summed E-state index contributed by atoms with van der Waals surface area (Å²) in [7, 11) is 0. The number of hydrogen-bond acceptors (Lipinski definition) is 5. The summed E-state index contributed by atoms with van der Waals surface area (Å²) in [5, 5.41) is 7.58. The van der Waals surface area contributed by atoms with Gasteiger partial charge in [0.05, 0.1) is 0 Å². The quantitative estimate of drug-likeness (QED) is 0.335. The highest BCUT2D eigenvalue weighted by molar-refractivity contribution is 7.80. The van der Waals surface area contributed by atoms with Gasteiger partial charge in [0.1, 0.15) is 11.6 Å². The first-order chi connectivity index (χ1) is 17.6. The Hall–Kier alpha value is -3.68. The third kappa shape index (κ3) is 4.72. The maximum atomic E-state index is 6.29. The molecule has 36 heavy (non-hydrogen) atoms. The van der Waals surface area contributed by atoms with E-state index in [2.05, 4.69) is 75.0 Å². The number of nitrogens with one attached hydrogen (secondary N) is 2. The fourth-order valence-corrected chi connectivity index (χ4v) is 5.12. The third-order valence-electron chi connectivity index (χ3n) is 6.65. The van der Waals surface area contributed by atoms with Gasteiger partial charge in [0, 0.05) is 43.8 Å². The summed E-state index contributed by atoms with van der Waals surface area (Å²) in [4.78, 5) is 14.3. The molecule has 2 aliphatic heterocycles. The zero-order valence-electron chi connectivity index (χ0n) is 19.6. The molecule has 6 nitrogen and oxygen atoms in total. The van der Waals surface area contributed by atoms with Crippen molar-refractivity contribution in [1.82, 2.24) is 15.3 Å². The number of aromatic nitrogens is 2. The minimum atomic E-state index is 0.451. The Labute approximate surface area is 221 Å². The van der Waals surface area contributed by atoms with Gasteiger partial charge in [-0.25, -0.2) is 0 Å². The molecule has 0 saturated heterocycles. The molecule has 6 rings (SSSR count). The Bertz CT molecular complexity index is 1320. The zero-order chi connectivity index (χ0) is 24.5. The predicted octanol–water partition coefficient (Wildman–Crippen LogP) is 5.66. The standard InChI is InChI=1S/C28H25ClN6S/c29-24-12-6-5-7-19(24)14-30-28(36)33-27-31-25(34-15-20-8-1-2-9-21(20)16-34)13-26(32-27)35-17-22-10-3-4-11-23(22)18-35/h1-13H,14-18H2,(H2,30,31,32,33,36). The minimum Gasteiger partial charge on any atom is -0.358 e. The highest BCUT2D eigenvalue weighted by Crippen LogP contribution is 2.32. The molecule has 2 aliphatic rings. The monoisotopic (exact) mass is 512 g/mol. The molecule has 0 spiro atoms. The maximum Gasteiger partial charge on any atom is 0.232 e. The van der Waals surface area contributed by atoms with Gasteiger partial charge < -0.3 is 20.4 Å². The van der Waals surface area contributed by atoms with Crippen LogP contribution in [0.3, 0.4) is 0 Å². The van der Waals surface area contributed by atoms with Crippen molar-refractivity contribution in [3.63, 3.8) is 0 Å². The van der Waals surface area contributed by atoms with Gasteiger partial charge in [-0.2, -0.15) is 9.97 Å². The van der Waals surface area contributed by atoms with Gasteiger partial charge >= 0.3 is 0 Å². The van der Waals surface area contributed by atoms with Crippen LogP contribution in [0.4, 0.5) is 17.6 Å². The fourth-order valence-electron chi connectivity index (χ4n) is 4.76. The first-order valence-electron chi connectivity index (χ1n) is 11.9. The largest absolute Gasteiger partial charge is 0.358 e. The molecule has 8 heteroatoms. The van der Waals surface area contributed by atoms with Gasteiger partial charge in [-0.3, -0.25) is 0 Å². The van der Waals surface area contributed by atoms with E-state index in [9.17, 15) is 0 Å². The molecule has 0 atom stereocenters. The molecular weight excluding hydrogens is 488 g/mol. The van der Waals surface area contributed by atoms with Crippen molar-refractivity contribution in [3.8, 4) is 0 Å². The summed E-state index contributed by atoms with van der Waals surface area (Å²) in [6, 6.07) is 26.9. The average Bonchev–Trinajstić information content (AvgIpc) is 3.53. The van der Waals surface area contributed by atoms with Gasteiger partial charge in [0.25, 0.3) is 0 Å². The Balaban J connectivity index is 1.25. The molecule has 0 radical (unpaired) electrons. The van der Waals surface area contributed by atoms with Crippen LogP contribution in [0.1, 0.15) is 27.8 Å². The molecule has 3 heterocycles. The summed E-state index contributed by atoms with van der Waals surface area (Å²) in [6.07, 6.45) is 0. The molecule has 1 aromatic heterocycles. The van der Waals surface area contributed by atoms with Crippen LogP contribution in [-0.4, -0.2) is 15.1 Å². The van der Waals surface area contributed by atoms with Crippen molar-refractivity contribution in [3.05, 3.63) is 112 Å². The third-order valence-corrected chi connectivity index (χ3v) is 7.27. The van der Waals surface area contributed by atoms with Gasteiger partial charge in [-0.15, -0.1) is 0 Å². The van der Waals surface area contributed by atoms with Gasteiger partial charge in [-0.05, 0) is 46.1 Å². The lowest BCUT2D eigenvalue weighted by Gasteiger charge is -2.22. The van der Waals surface area contributed by atoms with E-state index >= 15 is 0 Å². The topological polar surface area (TPSA) is 56.3 Å². The maximum absolute atomic E-state index is 6.29. The van der Waals surface area contributed by atoms with E-state index in [4.69, 9.17) is 33.8 Å². The highest BCUT2D eigenvalue weighted by Gasteiger charge is 2.25. The number of rotatable bonds is 5. The second-order valence-electron chi connectivity index (χ2n) is 9.06. The smallest absolute Gasteiger partial charge is 0.232 e. The van der Waals surface area contributed by atoms with Crippen LogP contribution in [-0.2, 0) is 32.7 Å². The van der Waals surface area contributed by atoms with Crippen LogP contribution in [0, 0.1) is 0 Å². The first-order valence-corrected chi connectivity index (χ1v) is 12.7. The van der Waals surface area contributed by atoms with E-state index in [1.165, 1.54) is 22.3 Å². The van der Waals surface area contributed by atoms with Crippen molar-refractivity contribution in [2.75, 3.05) is 15.1 Å². The van der Waals surface area contributed by atoms with E-state index in [0.717, 1.165) is 43.4 Å². The van der Waals surface area contributed by atoms with E-state index in [1.807, 2.05) is 24.3 Å². The average molecular weight is 513 g/mol. The van der Waals surface area contributed by atoms with Gasteiger partial charge in [0.2, 0.25) is 5.95 Å². The van der Waals surface area contributed by atoms with Crippen molar-refractivity contribution in [1.29, 1.82) is 0 Å². The number of benzene rings is 3. The molecule has 0 aliphatic carbocycles. The van der Waals surface area contributed by atoms with Crippen molar-refractivity contribution in [2.45, 2.75) is 32.7 Å². The molecular formula is C28H25ClN6S. The molecule has 0 bridgehead atoms. The summed E-state index contributed by atoms with van der Waals surface area (Å²) < 4.78 is 0. The van der Waals surface area contributed by atoms with Gasteiger partial charge in [0.15, 0.2) is 5.11 Å². The Morgan fingerprint density at radius 2 is 1.22 bits per heavy atom. The molecule has 3 aromatic carbocycles. The number of hydrogen-bond donors (Lipinski definition) is 2. The number of nitrogens with zero attached hydrogens (tertiary/aromatic N) is 4. The molecule has 0 unspecified atom stereocenters. The Morgan fingerprint density at radius 3 is 1.72 bits per heavy atom. The van der Waals surface area contributed by atoms with E-state index in [1.54, 1.807) is 0 Å². The van der Waals surface area contributed by atoms with Crippen LogP contribution in [0.5, 0.6) is 0 Å². The lowest BCUT2D eigenvalue weighted by atomic mass is 10.1. The molecule has 4 aromatic rings. The molecule has 0 amide bonds. The van der Waals surface area contributed by atoms with E-state index in [-0.39, 0.29) is 0 Å². The van der Waals surface area contributed by atoms with E-state index in [0.29, 0.717) is 22.6 Å². The van der Waals surface area contributed by atoms with Crippen molar-refractivity contribution >= 4 is 46.5 Å². The summed E-state index contributed by atoms with van der Waals surface area (Å²) in [5.74, 6) is 2.23. The minimum absolute atomic E-state index is 0.451. The number of thiocarbonyl (C=S) groups is 1. The highest BCUT2D eigenvalue weighted by atomic mass is 35.5. The van der Waals surface area contributed by atoms with Crippen molar-refractivity contribution in [2.24, 2.45) is 0 Å². The number of fused-ring (bicyclic) bond motifs is 2. The Morgan fingerprint density at radius 1 is 0.750 bits per heavy atom. The van der Waals surface area contributed by atoms with Crippen molar-refractivity contribution < 1.29 is 0 Å². The molecule has 0 fully saturated rings. The summed E-state index contributed by atoms with van der Waals surface area (Å²) >= 11 is 11.9. The molecule has 0 saturated carbocycles. The summed E-state index contributed by atoms with van der Waals surface area (Å²) in [5.41, 5.74) is 6.30. The SMILES string of the molecule is S=C(NCc1ccccc1Cl)Nc1nc(N2Cc3ccccc3C2)cc(N2Cc3ccccc3C2)n1. The van der Waals surface area contributed by atoms with Gasteiger partial charge in [-0.1, -0.05) is 78.3 Å². The first kappa shape index (κ1) is 22.8. The lowest BCUT2D eigenvalue weighted by molar-refractivity contribution is 0.827. The summed E-state index contributed by atoms with van der Waals surface area (Å²) in [6.45, 7) is 3.80. The Kier molecular flexibility index (Phi) is 6.17. The normalized spacial score (nSPS) is 13.9. The van der Waals surface area contributed by atoms with Crippen LogP contribution >= 0.6 is 23.8 Å². The molecule has 180 valence electrons. The number of halogens is 1. The second-order valence-corrected chi connectivity index (χ2v) is 9.87. The van der Waals surface area contributed by atoms with E-state index < -0.39 is 0 Å². The molecule has 2 N–H and O–H groups in total. The lowest BCUT2D eigenvalue weighted by Crippen LogP contribution is -2.29.